The Morgan fingerprint density at radius 3 is 2.39 bits per heavy atom. The molecular formula is C13H18N2O3. The Bertz CT molecular complexity index is 440. The fraction of sp³-hybridized carbons (Fsp3) is 0.462. The van der Waals surface area contributed by atoms with Crippen LogP contribution in [0.1, 0.15) is 18.4 Å². The molecule has 1 heterocycles. The van der Waals surface area contributed by atoms with Crippen LogP contribution in [0.4, 0.5) is 5.69 Å². The van der Waals surface area contributed by atoms with E-state index < -0.39 is 0 Å². The van der Waals surface area contributed by atoms with Gasteiger partial charge in [-0.1, -0.05) is 5.16 Å². The third kappa shape index (κ3) is 2.34. The molecule has 0 saturated carbocycles. The number of ether oxygens (including phenoxy) is 2. The molecule has 98 valence electrons. The number of hydrogen-bond acceptors (Lipinski definition) is 5. The van der Waals surface area contributed by atoms with E-state index in [-0.39, 0.29) is 0 Å². The Hall–Kier alpha value is -1.91. The van der Waals surface area contributed by atoms with Crippen molar-refractivity contribution in [3.63, 3.8) is 0 Å². The molecule has 5 nitrogen and oxygen atoms in total. The largest absolute Gasteiger partial charge is 0.496 e. The molecule has 0 radical (unpaired) electrons. The summed E-state index contributed by atoms with van der Waals surface area (Å²) >= 11 is 0. The van der Waals surface area contributed by atoms with Crippen LogP contribution in [0.25, 0.3) is 0 Å². The summed E-state index contributed by atoms with van der Waals surface area (Å²) in [5, 5.41) is 11.7. The van der Waals surface area contributed by atoms with E-state index in [0.717, 1.165) is 24.5 Å². The van der Waals surface area contributed by atoms with Crippen molar-refractivity contribution in [1.82, 2.24) is 0 Å². The molecule has 0 spiro atoms. The van der Waals surface area contributed by atoms with Gasteiger partial charge >= 0.3 is 0 Å². The molecule has 1 aliphatic rings. The van der Waals surface area contributed by atoms with Crippen molar-refractivity contribution in [2.75, 3.05) is 32.2 Å². The zero-order chi connectivity index (χ0) is 13.0. The van der Waals surface area contributed by atoms with Crippen LogP contribution in [0.2, 0.25) is 0 Å². The summed E-state index contributed by atoms with van der Waals surface area (Å²) < 4.78 is 10.7. The van der Waals surface area contributed by atoms with Gasteiger partial charge in [-0.25, -0.2) is 0 Å². The average Bonchev–Trinajstić information content (AvgIpc) is 2.92. The van der Waals surface area contributed by atoms with E-state index in [0.29, 0.717) is 11.3 Å². The minimum absolute atomic E-state index is 0.676. The SMILES string of the molecule is COc1cc(N2CCCC2)c(OC)cc1C=NO. The topological polar surface area (TPSA) is 54.3 Å². The smallest absolute Gasteiger partial charge is 0.143 e. The molecule has 5 heteroatoms. The van der Waals surface area contributed by atoms with E-state index in [4.69, 9.17) is 14.7 Å². The molecule has 0 amide bonds. The lowest BCUT2D eigenvalue weighted by molar-refractivity contribution is 0.321. The van der Waals surface area contributed by atoms with E-state index in [1.165, 1.54) is 19.1 Å². The van der Waals surface area contributed by atoms with Crippen LogP contribution in [0.3, 0.4) is 0 Å². The Labute approximate surface area is 107 Å². The molecule has 1 N–H and O–H groups in total. The fourth-order valence-corrected chi connectivity index (χ4v) is 2.27. The predicted molar refractivity (Wildman–Crippen MR) is 70.4 cm³/mol. The first-order chi connectivity index (χ1) is 8.80. The number of rotatable bonds is 4. The minimum atomic E-state index is 0.676. The summed E-state index contributed by atoms with van der Waals surface area (Å²) in [5.41, 5.74) is 1.72. The molecule has 1 aromatic rings. The molecule has 1 fully saturated rings. The van der Waals surface area contributed by atoms with Crippen LogP contribution in [-0.4, -0.2) is 38.7 Å². The van der Waals surface area contributed by atoms with Crippen molar-refractivity contribution in [1.29, 1.82) is 0 Å². The number of anilines is 1. The van der Waals surface area contributed by atoms with Gasteiger partial charge in [-0.05, 0) is 18.9 Å². The van der Waals surface area contributed by atoms with Gasteiger partial charge in [0.05, 0.1) is 26.1 Å². The molecule has 0 aliphatic carbocycles. The summed E-state index contributed by atoms with van der Waals surface area (Å²) in [4.78, 5) is 2.28. The Morgan fingerprint density at radius 1 is 1.17 bits per heavy atom. The first kappa shape index (κ1) is 12.5. The van der Waals surface area contributed by atoms with Crippen LogP contribution in [0, 0.1) is 0 Å². The van der Waals surface area contributed by atoms with Crippen LogP contribution < -0.4 is 14.4 Å². The zero-order valence-electron chi connectivity index (χ0n) is 10.7. The highest BCUT2D eigenvalue weighted by atomic mass is 16.5. The van der Waals surface area contributed by atoms with Crippen molar-refractivity contribution in [2.45, 2.75) is 12.8 Å². The maximum absolute atomic E-state index is 8.65. The molecular weight excluding hydrogens is 232 g/mol. The van der Waals surface area contributed by atoms with Gasteiger partial charge in [0.25, 0.3) is 0 Å². The van der Waals surface area contributed by atoms with Gasteiger partial charge in [0, 0.05) is 24.7 Å². The number of hydrogen-bond donors (Lipinski definition) is 1. The highest BCUT2D eigenvalue weighted by Crippen LogP contribution is 2.36. The second kappa shape index (κ2) is 5.62. The van der Waals surface area contributed by atoms with Gasteiger partial charge < -0.3 is 19.6 Å². The van der Waals surface area contributed by atoms with Gasteiger partial charge in [-0.15, -0.1) is 0 Å². The second-order valence-corrected chi connectivity index (χ2v) is 4.20. The van der Waals surface area contributed by atoms with Crippen molar-refractivity contribution in [3.8, 4) is 11.5 Å². The van der Waals surface area contributed by atoms with Crippen molar-refractivity contribution in [3.05, 3.63) is 17.7 Å². The number of methoxy groups -OCH3 is 2. The fourth-order valence-electron chi connectivity index (χ4n) is 2.27. The molecule has 2 rings (SSSR count). The normalized spacial score (nSPS) is 15.3. The Balaban J connectivity index is 2.44. The summed E-state index contributed by atoms with van der Waals surface area (Å²) in [6.07, 6.45) is 3.74. The molecule has 18 heavy (non-hydrogen) atoms. The Kier molecular flexibility index (Phi) is 3.92. The molecule has 1 aromatic carbocycles. The van der Waals surface area contributed by atoms with E-state index in [1.54, 1.807) is 14.2 Å². The molecule has 0 bridgehead atoms. The maximum atomic E-state index is 8.65. The Morgan fingerprint density at radius 2 is 1.83 bits per heavy atom. The number of nitrogens with zero attached hydrogens (tertiary/aromatic N) is 2. The first-order valence-corrected chi connectivity index (χ1v) is 5.98. The van der Waals surface area contributed by atoms with Crippen molar-refractivity contribution >= 4 is 11.9 Å². The second-order valence-electron chi connectivity index (χ2n) is 4.20. The quantitative estimate of drug-likeness (QED) is 0.505. The molecule has 0 aromatic heterocycles. The van der Waals surface area contributed by atoms with Gasteiger partial charge in [0.1, 0.15) is 11.5 Å². The van der Waals surface area contributed by atoms with Gasteiger partial charge in [-0.2, -0.15) is 0 Å². The van der Waals surface area contributed by atoms with E-state index >= 15 is 0 Å². The van der Waals surface area contributed by atoms with Crippen LogP contribution >= 0.6 is 0 Å². The predicted octanol–water partition coefficient (Wildman–Crippen LogP) is 2.11. The summed E-state index contributed by atoms with van der Waals surface area (Å²) in [6.45, 7) is 2.07. The summed E-state index contributed by atoms with van der Waals surface area (Å²) in [6, 6.07) is 3.76. The average molecular weight is 250 g/mol. The number of benzene rings is 1. The standard InChI is InChI=1S/C13H18N2O3/c1-17-12-8-11(15-5-3-4-6-15)13(18-2)7-10(12)9-14-16/h7-9,16H,3-6H2,1-2H3. The molecule has 1 aliphatic heterocycles. The highest BCUT2D eigenvalue weighted by Gasteiger charge is 2.19. The third-order valence-corrected chi connectivity index (χ3v) is 3.17. The summed E-state index contributed by atoms with van der Waals surface area (Å²) in [5.74, 6) is 1.45. The van der Waals surface area contributed by atoms with Gasteiger partial charge in [0.2, 0.25) is 0 Å². The lowest BCUT2D eigenvalue weighted by Crippen LogP contribution is -2.18. The van der Waals surface area contributed by atoms with Crippen LogP contribution in [0.15, 0.2) is 17.3 Å². The zero-order valence-corrected chi connectivity index (χ0v) is 10.7. The first-order valence-electron chi connectivity index (χ1n) is 5.98. The molecule has 0 atom stereocenters. The summed E-state index contributed by atoms with van der Waals surface area (Å²) in [7, 11) is 3.24. The van der Waals surface area contributed by atoms with Gasteiger partial charge in [0.15, 0.2) is 0 Å². The van der Waals surface area contributed by atoms with Crippen LogP contribution in [0.5, 0.6) is 11.5 Å². The van der Waals surface area contributed by atoms with Crippen molar-refractivity contribution < 1.29 is 14.7 Å². The minimum Gasteiger partial charge on any atom is -0.496 e. The van der Waals surface area contributed by atoms with E-state index in [9.17, 15) is 0 Å². The van der Waals surface area contributed by atoms with Crippen LogP contribution in [-0.2, 0) is 0 Å². The highest BCUT2D eigenvalue weighted by molar-refractivity contribution is 5.86. The lowest BCUT2D eigenvalue weighted by atomic mass is 10.1. The molecule has 0 unspecified atom stereocenters. The third-order valence-electron chi connectivity index (χ3n) is 3.17. The van der Waals surface area contributed by atoms with Gasteiger partial charge in [-0.3, -0.25) is 0 Å². The van der Waals surface area contributed by atoms with Crippen molar-refractivity contribution in [2.24, 2.45) is 5.16 Å². The lowest BCUT2D eigenvalue weighted by Gasteiger charge is -2.22. The maximum Gasteiger partial charge on any atom is 0.143 e. The number of oxime groups is 1. The molecule has 1 saturated heterocycles. The monoisotopic (exact) mass is 250 g/mol. The van der Waals surface area contributed by atoms with E-state index in [2.05, 4.69) is 10.1 Å². The van der Waals surface area contributed by atoms with E-state index in [1.807, 2.05) is 12.1 Å².